The number of rotatable bonds is 8. The molecular formula is C22H25ClN4O4S. The summed E-state index contributed by atoms with van der Waals surface area (Å²) in [5, 5.41) is 6.04. The summed E-state index contributed by atoms with van der Waals surface area (Å²) < 4.78 is 27.1. The fraction of sp³-hybridized carbons (Fsp3) is 0.318. The Bertz CT molecular complexity index is 1130. The second kappa shape index (κ2) is 10.1. The summed E-state index contributed by atoms with van der Waals surface area (Å²) in [4.78, 5) is 29.6. The highest BCUT2D eigenvalue weighted by atomic mass is 35.5. The van der Waals surface area contributed by atoms with E-state index < -0.39 is 16.1 Å². The lowest BCUT2D eigenvalue weighted by atomic mass is 9.98. The molecule has 2 amide bonds. The number of nitrogens with one attached hydrogen (secondary N) is 3. The van der Waals surface area contributed by atoms with Crippen molar-refractivity contribution in [1.29, 1.82) is 0 Å². The summed E-state index contributed by atoms with van der Waals surface area (Å²) in [5.41, 5.74) is 0.917. The summed E-state index contributed by atoms with van der Waals surface area (Å²) in [7, 11) is -3.69. The number of nitrogens with zero attached hydrogens (tertiary/aromatic N) is 1. The van der Waals surface area contributed by atoms with Crippen molar-refractivity contribution in [2.45, 2.75) is 31.2 Å². The first-order valence-corrected chi connectivity index (χ1v) is 12.1. The molecular weight excluding hydrogens is 452 g/mol. The summed E-state index contributed by atoms with van der Waals surface area (Å²) in [6.07, 6.45) is 0.677. The lowest BCUT2D eigenvalue weighted by molar-refractivity contribution is -0.123. The standard InChI is InChI=1S/C22H25ClN4O4S/c1-3-14(2)19(26-20-17-6-4-5-7-18(17)32(30,31)27-20)22(29)25-13-12-24-21(28)15-8-10-16(23)11-9-15/h4-11,14,19H,3,12-13H2,1-2H3,(H,24,28)(H,25,29)(H,26,27)/t14-,19-/m0/s1. The third kappa shape index (κ3) is 5.46. The van der Waals surface area contributed by atoms with Gasteiger partial charge in [-0.15, -0.1) is 0 Å². The maximum absolute atomic E-state index is 12.8. The van der Waals surface area contributed by atoms with E-state index in [0.29, 0.717) is 22.6 Å². The average Bonchev–Trinajstić information content (AvgIpc) is 3.04. The van der Waals surface area contributed by atoms with Gasteiger partial charge in [0, 0.05) is 29.2 Å². The van der Waals surface area contributed by atoms with Crippen molar-refractivity contribution in [3.63, 3.8) is 0 Å². The van der Waals surface area contributed by atoms with Gasteiger partial charge < -0.3 is 10.6 Å². The SMILES string of the molecule is CC[C@H](C)[C@H](N=C1NS(=O)(=O)c2ccccc21)C(=O)NCCNC(=O)c1ccc(Cl)cc1. The lowest BCUT2D eigenvalue weighted by Gasteiger charge is -2.19. The Morgan fingerprint density at radius 3 is 2.41 bits per heavy atom. The topological polar surface area (TPSA) is 117 Å². The van der Waals surface area contributed by atoms with Crippen LogP contribution in [0.4, 0.5) is 0 Å². The molecule has 2 atom stereocenters. The molecule has 0 spiro atoms. The molecule has 2 aromatic rings. The third-order valence-corrected chi connectivity index (χ3v) is 6.85. The highest BCUT2D eigenvalue weighted by molar-refractivity contribution is 7.90. The predicted molar refractivity (Wildman–Crippen MR) is 123 cm³/mol. The maximum atomic E-state index is 12.8. The summed E-state index contributed by atoms with van der Waals surface area (Å²) in [6, 6.07) is 12.2. The fourth-order valence-electron chi connectivity index (χ4n) is 3.21. The number of carbonyl (C=O) groups excluding carboxylic acids is 2. The minimum atomic E-state index is -3.69. The van der Waals surface area contributed by atoms with Crippen LogP contribution in [0.25, 0.3) is 0 Å². The smallest absolute Gasteiger partial charge is 0.263 e. The van der Waals surface area contributed by atoms with E-state index in [2.05, 4.69) is 20.3 Å². The van der Waals surface area contributed by atoms with Gasteiger partial charge in [-0.2, -0.15) is 0 Å². The Kier molecular flexibility index (Phi) is 7.52. The molecule has 0 saturated heterocycles. The highest BCUT2D eigenvalue weighted by Crippen LogP contribution is 2.24. The molecule has 0 bridgehead atoms. The lowest BCUT2D eigenvalue weighted by Crippen LogP contribution is -2.42. The average molecular weight is 477 g/mol. The monoisotopic (exact) mass is 476 g/mol. The van der Waals surface area contributed by atoms with Crippen molar-refractivity contribution in [1.82, 2.24) is 15.4 Å². The Hall–Kier alpha value is -2.91. The zero-order chi connectivity index (χ0) is 23.3. The summed E-state index contributed by atoms with van der Waals surface area (Å²) in [6.45, 7) is 4.25. The van der Waals surface area contributed by atoms with Crippen LogP contribution in [-0.2, 0) is 14.8 Å². The second-order valence-electron chi connectivity index (χ2n) is 7.46. The van der Waals surface area contributed by atoms with Gasteiger partial charge in [-0.3, -0.25) is 19.3 Å². The number of carbonyl (C=O) groups is 2. The number of hydrogen-bond acceptors (Lipinski definition) is 5. The van der Waals surface area contributed by atoms with Crippen molar-refractivity contribution in [2.24, 2.45) is 10.9 Å². The molecule has 0 aliphatic carbocycles. The normalized spacial score (nSPS) is 17.2. The van der Waals surface area contributed by atoms with Gasteiger partial charge in [-0.05, 0) is 42.3 Å². The van der Waals surface area contributed by atoms with E-state index in [9.17, 15) is 18.0 Å². The Labute approximate surface area is 192 Å². The van der Waals surface area contributed by atoms with Crippen molar-refractivity contribution < 1.29 is 18.0 Å². The molecule has 32 heavy (non-hydrogen) atoms. The van der Waals surface area contributed by atoms with Crippen molar-refractivity contribution in [3.8, 4) is 0 Å². The van der Waals surface area contributed by atoms with Crippen LogP contribution in [0.3, 0.4) is 0 Å². The van der Waals surface area contributed by atoms with Crippen LogP contribution >= 0.6 is 11.6 Å². The minimum absolute atomic E-state index is 0.122. The molecule has 3 N–H and O–H groups in total. The van der Waals surface area contributed by atoms with E-state index in [1.54, 1.807) is 42.5 Å². The van der Waals surface area contributed by atoms with Crippen molar-refractivity contribution in [3.05, 3.63) is 64.7 Å². The Balaban J connectivity index is 1.64. The Morgan fingerprint density at radius 2 is 1.72 bits per heavy atom. The van der Waals surface area contributed by atoms with Crippen LogP contribution in [0.1, 0.15) is 36.2 Å². The Morgan fingerprint density at radius 1 is 1.06 bits per heavy atom. The fourth-order valence-corrected chi connectivity index (χ4v) is 4.57. The van der Waals surface area contributed by atoms with E-state index in [1.165, 1.54) is 6.07 Å². The van der Waals surface area contributed by atoms with Crippen LogP contribution in [0.2, 0.25) is 5.02 Å². The van der Waals surface area contributed by atoms with Gasteiger partial charge in [0.1, 0.15) is 11.9 Å². The van der Waals surface area contributed by atoms with Crippen LogP contribution in [0.15, 0.2) is 58.4 Å². The zero-order valence-electron chi connectivity index (χ0n) is 17.8. The number of amidine groups is 1. The number of amides is 2. The third-order valence-electron chi connectivity index (χ3n) is 5.20. The summed E-state index contributed by atoms with van der Waals surface area (Å²) in [5.74, 6) is -0.566. The van der Waals surface area contributed by atoms with Crippen molar-refractivity contribution >= 4 is 39.3 Å². The number of aliphatic imine (C=N–C) groups is 1. The number of benzene rings is 2. The van der Waals surface area contributed by atoms with Crippen molar-refractivity contribution in [2.75, 3.05) is 13.1 Å². The van der Waals surface area contributed by atoms with E-state index in [-0.39, 0.29) is 41.6 Å². The van der Waals surface area contributed by atoms with E-state index >= 15 is 0 Å². The first kappa shape index (κ1) is 23.7. The number of fused-ring (bicyclic) bond motifs is 1. The molecule has 0 aromatic heterocycles. The number of sulfonamides is 1. The van der Waals surface area contributed by atoms with Gasteiger partial charge in [-0.1, -0.05) is 44.0 Å². The molecule has 0 fully saturated rings. The van der Waals surface area contributed by atoms with E-state index in [4.69, 9.17) is 11.6 Å². The number of hydrogen-bond donors (Lipinski definition) is 3. The highest BCUT2D eigenvalue weighted by Gasteiger charge is 2.33. The van der Waals surface area contributed by atoms with Gasteiger partial charge in [-0.25, -0.2) is 8.42 Å². The minimum Gasteiger partial charge on any atom is -0.352 e. The first-order chi connectivity index (χ1) is 15.2. The van der Waals surface area contributed by atoms with Gasteiger partial charge in [0.05, 0.1) is 4.90 Å². The van der Waals surface area contributed by atoms with E-state index in [0.717, 1.165) is 0 Å². The van der Waals surface area contributed by atoms with Crippen LogP contribution in [0.5, 0.6) is 0 Å². The first-order valence-electron chi connectivity index (χ1n) is 10.2. The number of halogens is 1. The molecule has 10 heteroatoms. The van der Waals surface area contributed by atoms with E-state index in [1.807, 2.05) is 13.8 Å². The largest absolute Gasteiger partial charge is 0.352 e. The zero-order valence-corrected chi connectivity index (χ0v) is 19.3. The molecule has 2 aromatic carbocycles. The molecule has 0 radical (unpaired) electrons. The maximum Gasteiger partial charge on any atom is 0.263 e. The van der Waals surface area contributed by atoms with Crippen LogP contribution in [-0.4, -0.2) is 45.2 Å². The van der Waals surface area contributed by atoms with Crippen LogP contribution < -0.4 is 15.4 Å². The summed E-state index contributed by atoms with van der Waals surface area (Å²) >= 11 is 5.82. The molecule has 3 rings (SSSR count). The molecule has 1 aliphatic rings. The molecule has 0 saturated carbocycles. The van der Waals surface area contributed by atoms with Crippen LogP contribution in [0, 0.1) is 5.92 Å². The van der Waals surface area contributed by atoms with Gasteiger partial charge >= 0.3 is 0 Å². The van der Waals surface area contributed by atoms with Gasteiger partial charge in [0.25, 0.3) is 15.9 Å². The molecule has 170 valence electrons. The second-order valence-corrected chi connectivity index (χ2v) is 9.55. The predicted octanol–water partition coefficient (Wildman–Crippen LogP) is 2.34. The molecule has 1 aliphatic heterocycles. The molecule has 0 unspecified atom stereocenters. The van der Waals surface area contributed by atoms with Gasteiger partial charge in [0.2, 0.25) is 5.91 Å². The quantitative estimate of drug-likeness (QED) is 0.507. The van der Waals surface area contributed by atoms with Gasteiger partial charge in [0.15, 0.2) is 0 Å². The molecule has 1 heterocycles. The molecule has 8 nitrogen and oxygen atoms in total.